The van der Waals surface area contributed by atoms with Crippen molar-refractivity contribution in [2.24, 2.45) is 0 Å². The van der Waals surface area contributed by atoms with Crippen molar-refractivity contribution in [3.05, 3.63) is 320 Å². The van der Waals surface area contributed by atoms with Gasteiger partial charge in [0.25, 0.3) is 0 Å². The van der Waals surface area contributed by atoms with E-state index in [1.165, 1.54) is 102 Å². The van der Waals surface area contributed by atoms with E-state index in [2.05, 4.69) is 281 Å². The lowest BCUT2D eigenvalue weighted by molar-refractivity contribution is 0.672. The summed E-state index contributed by atoms with van der Waals surface area (Å²) in [5.74, 6) is 0.661. The van der Waals surface area contributed by atoms with E-state index >= 15 is 0 Å². The van der Waals surface area contributed by atoms with Gasteiger partial charge in [0.15, 0.2) is 0 Å². The van der Waals surface area contributed by atoms with E-state index < -0.39 is 0 Å². The number of furan rings is 2. The quantitative estimate of drug-likeness (QED) is 0.129. The second-order valence-corrected chi connectivity index (χ2v) is 29.1. The second-order valence-electron chi connectivity index (χ2n) is 26.7. The van der Waals surface area contributed by atoms with E-state index in [4.69, 9.17) is 30.4 Å². The average molecular weight is 1370 g/mol. The zero-order chi connectivity index (χ0) is 67.5. The molecule has 0 amide bonds. The summed E-state index contributed by atoms with van der Waals surface area (Å²) in [6.45, 7) is 0. The van der Waals surface area contributed by atoms with E-state index in [0.717, 1.165) is 120 Å². The van der Waals surface area contributed by atoms with Crippen molar-refractivity contribution >= 4 is 205 Å². The van der Waals surface area contributed by atoms with Gasteiger partial charge < -0.3 is 8.83 Å². The van der Waals surface area contributed by atoms with Crippen LogP contribution in [0.5, 0.6) is 0 Å². The van der Waals surface area contributed by atoms with Crippen LogP contribution in [0.2, 0.25) is 5.28 Å². The summed E-state index contributed by atoms with van der Waals surface area (Å²) in [7, 11) is 0. The first-order valence-electron chi connectivity index (χ1n) is 34.6. The predicted molar refractivity (Wildman–Crippen MR) is 434 cm³/mol. The van der Waals surface area contributed by atoms with Gasteiger partial charge in [-0.2, -0.15) is 0 Å². The Labute approximate surface area is 600 Å². The summed E-state index contributed by atoms with van der Waals surface area (Å²) in [4.78, 5) is 20.1. The zero-order valence-electron chi connectivity index (χ0n) is 54.8. The number of fused-ring (bicyclic) bond motifs is 32. The molecule has 0 atom stereocenters. The van der Waals surface area contributed by atoms with Crippen LogP contribution in [-0.4, -0.2) is 24.5 Å². The number of benzene rings is 16. The summed E-state index contributed by atoms with van der Waals surface area (Å²) in [5.41, 5.74) is 17.5. The first kappa shape index (κ1) is 58.2. The number of thiophene rings is 2. The first-order valence-corrected chi connectivity index (χ1v) is 36.6. The molecule has 10 heteroatoms. The predicted octanol–water partition coefficient (Wildman–Crippen LogP) is 26.7. The van der Waals surface area contributed by atoms with Crippen LogP contribution in [0.1, 0.15) is 11.1 Å². The molecular formula is C93H52ClN5O2S2. The fourth-order valence-corrected chi connectivity index (χ4v) is 19.1. The van der Waals surface area contributed by atoms with Crippen LogP contribution >= 0.6 is 34.3 Å². The van der Waals surface area contributed by atoms with Gasteiger partial charge in [-0.25, -0.2) is 19.9 Å². The van der Waals surface area contributed by atoms with Crippen molar-refractivity contribution in [2.75, 3.05) is 0 Å². The molecule has 480 valence electrons. The van der Waals surface area contributed by atoms with Crippen LogP contribution in [0.25, 0.3) is 211 Å². The van der Waals surface area contributed by atoms with Crippen molar-refractivity contribution in [3.63, 3.8) is 0 Å². The standard InChI is InChI=1S/C46H25N3OS.C27H16O.C20H11ClN2S/c1-2-12-27-25-28(22-21-26(27)11-1)41-45-42(34-17-7-10-20-38(34)51-45)48-46(47-41)49-36-18-8-5-13-29(36)31-23-24-35-39(43(31)49)30-14-3-4-15-32(30)44-40(35)33-16-6-9-19-37(33)50-44;1-2-8-17-16(7-1)15-23-18(17)13-14-22-25(23)19-9-3-4-10-20(19)27-26(22)21-11-5-6-12-24(21)28-27;21-20-22-17(14-10-9-12-5-1-2-6-13(12)11-14)19-18(23-20)15-7-3-4-8-16(15)24-19/h1-25H;1-14H,15H2;1-11H. The molecule has 1 aliphatic carbocycles. The Kier molecular flexibility index (Phi) is 12.8. The van der Waals surface area contributed by atoms with Gasteiger partial charge in [-0.3, -0.25) is 4.57 Å². The third-order valence-electron chi connectivity index (χ3n) is 21.1. The maximum atomic E-state index is 6.60. The minimum atomic E-state index is 0.286. The van der Waals surface area contributed by atoms with Gasteiger partial charge in [0.1, 0.15) is 22.3 Å². The molecule has 0 N–H and O–H groups in total. The van der Waals surface area contributed by atoms with Gasteiger partial charge in [0, 0.05) is 79.8 Å². The van der Waals surface area contributed by atoms with Crippen LogP contribution in [0, 0.1) is 0 Å². The molecule has 0 fully saturated rings. The van der Waals surface area contributed by atoms with E-state index in [1.54, 1.807) is 22.7 Å². The Bertz CT molecular complexity index is 7590. The lowest BCUT2D eigenvalue weighted by Crippen LogP contribution is -2.03. The Balaban J connectivity index is 0.000000108. The summed E-state index contributed by atoms with van der Waals surface area (Å²) < 4.78 is 19.8. The minimum absolute atomic E-state index is 0.286. The molecule has 7 heterocycles. The molecule has 0 saturated carbocycles. The topological polar surface area (TPSA) is 82.8 Å². The zero-order valence-corrected chi connectivity index (χ0v) is 57.2. The van der Waals surface area contributed by atoms with E-state index in [0.29, 0.717) is 5.95 Å². The molecule has 0 aliphatic heterocycles. The monoisotopic (exact) mass is 1370 g/mol. The average Bonchev–Trinajstić information content (AvgIpc) is 1.57. The van der Waals surface area contributed by atoms with Gasteiger partial charge in [-0.05, 0) is 131 Å². The second kappa shape index (κ2) is 22.7. The highest BCUT2D eigenvalue weighted by atomic mass is 35.5. The van der Waals surface area contributed by atoms with Crippen LogP contribution in [0.15, 0.2) is 312 Å². The van der Waals surface area contributed by atoms with Crippen molar-refractivity contribution < 1.29 is 8.83 Å². The molecule has 7 aromatic heterocycles. The smallest absolute Gasteiger partial charge is 0.235 e. The Morgan fingerprint density at radius 3 is 1.43 bits per heavy atom. The normalized spacial score (nSPS) is 12.3. The van der Waals surface area contributed by atoms with Gasteiger partial charge in [-0.15, -0.1) is 22.7 Å². The summed E-state index contributed by atoms with van der Waals surface area (Å²) in [5, 5.41) is 24.1. The molecule has 0 spiro atoms. The molecule has 24 rings (SSSR count). The highest BCUT2D eigenvalue weighted by molar-refractivity contribution is 7.26. The van der Waals surface area contributed by atoms with Crippen molar-refractivity contribution in [1.29, 1.82) is 0 Å². The molecular weight excluding hydrogens is 1320 g/mol. The van der Waals surface area contributed by atoms with E-state index in [1.807, 2.05) is 36.4 Å². The summed E-state index contributed by atoms with van der Waals surface area (Å²) >= 11 is 9.71. The lowest BCUT2D eigenvalue weighted by Gasteiger charge is -2.13. The first-order chi connectivity index (χ1) is 51.0. The highest BCUT2D eigenvalue weighted by Gasteiger charge is 2.27. The molecule has 16 aromatic carbocycles. The number of aromatic nitrogens is 5. The number of rotatable bonds is 3. The Morgan fingerprint density at radius 2 is 0.796 bits per heavy atom. The van der Waals surface area contributed by atoms with Gasteiger partial charge in [0.2, 0.25) is 11.2 Å². The molecule has 1 aliphatic rings. The van der Waals surface area contributed by atoms with Crippen molar-refractivity contribution in [2.45, 2.75) is 6.42 Å². The van der Waals surface area contributed by atoms with Crippen LogP contribution in [0.4, 0.5) is 0 Å². The molecule has 7 nitrogen and oxygen atoms in total. The highest BCUT2D eigenvalue weighted by Crippen LogP contribution is 2.50. The SMILES string of the molecule is Clc1nc(-c2ccc3ccccc3c2)c2sc3ccccc3c2n1.c1ccc2c(c1)Cc1c-2ccc2c1c1ccccc1c1oc3ccccc3c21.c1ccc2cc(-c3nc(-n4c5ccccc5c5ccc6c7c8ccccc8oc7c7ccccc7c6c54)nc4c3sc3ccccc34)ccc2c1. The maximum absolute atomic E-state index is 6.60. The number of halogens is 1. The fourth-order valence-electron chi connectivity index (χ4n) is 16.6. The Morgan fingerprint density at radius 1 is 0.330 bits per heavy atom. The fraction of sp³-hybridized carbons (Fsp3) is 0.0108. The molecule has 0 saturated heterocycles. The molecule has 0 radical (unpaired) electrons. The van der Waals surface area contributed by atoms with Crippen LogP contribution in [-0.2, 0) is 6.42 Å². The van der Waals surface area contributed by atoms with Gasteiger partial charge >= 0.3 is 0 Å². The molecule has 103 heavy (non-hydrogen) atoms. The van der Waals surface area contributed by atoms with Gasteiger partial charge in [-0.1, -0.05) is 261 Å². The lowest BCUT2D eigenvalue weighted by atomic mass is 9.91. The van der Waals surface area contributed by atoms with Crippen molar-refractivity contribution in [3.8, 4) is 39.6 Å². The number of para-hydroxylation sites is 3. The number of nitrogens with zero attached hydrogens (tertiary/aromatic N) is 5. The van der Waals surface area contributed by atoms with Crippen LogP contribution in [0.3, 0.4) is 0 Å². The van der Waals surface area contributed by atoms with Gasteiger partial charge in [0.05, 0.1) is 42.9 Å². The van der Waals surface area contributed by atoms with E-state index in [9.17, 15) is 0 Å². The molecule has 0 bridgehead atoms. The third kappa shape index (κ3) is 8.87. The largest absolute Gasteiger partial charge is 0.455 e. The minimum Gasteiger partial charge on any atom is -0.455 e. The van der Waals surface area contributed by atoms with Crippen molar-refractivity contribution in [1.82, 2.24) is 24.5 Å². The Hall–Kier alpha value is -12.6. The third-order valence-corrected chi connectivity index (χ3v) is 23.6. The molecule has 23 aromatic rings. The maximum Gasteiger partial charge on any atom is 0.235 e. The molecule has 0 unspecified atom stereocenters. The number of hydrogen-bond donors (Lipinski definition) is 0. The number of hydrogen-bond acceptors (Lipinski definition) is 8. The summed E-state index contributed by atoms with van der Waals surface area (Å²) in [6.07, 6.45) is 0.994. The van der Waals surface area contributed by atoms with Crippen LogP contribution < -0.4 is 0 Å². The summed E-state index contributed by atoms with van der Waals surface area (Å²) in [6, 6.07) is 107. The van der Waals surface area contributed by atoms with E-state index in [-0.39, 0.29) is 5.28 Å².